The van der Waals surface area contributed by atoms with Gasteiger partial charge < -0.3 is 4.74 Å². The molecule has 0 unspecified atom stereocenters. The van der Waals surface area contributed by atoms with Gasteiger partial charge in [0.2, 0.25) is 0 Å². The molecular weight excluding hydrogens is 247 g/mol. The van der Waals surface area contributed by atoms with Crippen molar-refractivity contribution in [3.8, 4) is 0 Å². The van der Waals surface area contributed by atoms with Crippen LogP contribution in [0.3, 0.4) is 0 Å². The molecule has 1 aromatic carbocycles. The molecule has 0 N–H and O–H groups in total. The molecule has 0 aliphatic carbocycles. The molecule has 0 aromatic heterocycles. The van der Waals surface area contributed by atoms with Crippen LogP contribution in [-0.4, -0.2) is 5.60 Å². The van der Waals surface area contributed by atoms with Gasteiger partial charge in [0.1, 0.15) is 5.82 Å². The first kappa shape index (κ1) is 11.7. The number of benzene rings is 1. The van der Waals surface area contributed by atoms with Crippen molar-refractivity contribution in [2.75, 3.05) is 0 Å². The maximum atomic E-state index is 12.8. The van der Waals surface area contributed by atoms with Crippen LogP contribution in [-0.2, 0) is 11.3 Å². The van der Waals surface area contributed by atoms with Crippen molar-refractivity contribution in [3.05, 3.63) is 34.1 Å². The van der Waals surface area contributed by atoms with Crippen molar-refractivity contribution in [2.45, 2.75) is 33.0 Å². The highest BCUT2D eigenvalue weighted by Crippen LogP contribution is 2.20. The van der Waals surface area contributed by atoms with Crippen LogP contribution in [0.15, 0.2) is 22.7 Å². The van der Waals surface area contributed by atoms with Crippen LogP contribution in [0.5, 0.6) is 0 Å². The van der Waals surface area contributed by atoms with E-state index in [0.717, 1.165) is 10.0 Å². The third-order valence-corrected chi connectivity index (χ3v) is 2.41. The van der Waals surface area contributed by atoms with Gasteiger partial charge in [-0.25, -0.2) is 4.39 Å². The number of hydrogen-bond acceptors (Lipinski definition) is 1. The predicted octanol–water partition coefficient (Wildman–Crippen LogP) is 3.90. The Balaban J connectivity index is 2.68. The summed E-state index contributed by atoms with van der Waals surface area (Å²) in [6.45, 7) is 6.46. The smallest absolute Gasteiger partial charge is 0.124 e. The topological polar surface area (TPSA) is 9.23 Å². The summed E-state index contributed by atoms with van der Waals surface area (Å²) in [4.78, 5) is 0. The number of rotatable bonds is 2. The van der Waals surface area contributed by atoms with Crippen LogP contribution >= 0.6 is 15.9 Å². The molecule has 0 amide bonds. The SMILES string of the molecule is CC(C)(C)OCc1ccc(F)cc1Br. The molecule has 0 saturated carbocycles. The maximum Gasteiger partial charge on any atom is 0.124 e. The van der Waals surface area contributed by atoms with E-state index in [1.807, 2.05) is 20.8 Å². The lowest BCUT2D eigenvalue weighted by atomic mass is 10.2. The fourth-order valence-corrected chi connectivity index (χ4v) is 1.40. The Morgan fingerprint density at radius 3 is 2.50 bits per heavy atom. The van der Waals surface area contributed by atoms with Gasteiger partial charge in [-0.15, -0.1) is 0 Å². The summed E-state index contributed by atoms with van der Waals surface area (Å²) in [7, 11) is 0. The van der Waals surface area contributed by atoms with Crippen LogP contribution in [0.4, 0.5) is 4.39 Å². The molecule has 1 rings (SSSR count). The van der Waals surface area contributed by atoms with E-state index in [1.54, 1.807) is 6.07 Å². The first-order valence-electron chi connectivity index (χ1n) is 4.46. The quantitative estimate of drug-likeness (QED) is 0.784. The number of hydrogen-bond donors (Lipinski definition) is 0. The molecule has 1 nitrogen and oxygen atoms in total. The molecular formula is C11H14BrFO. The second-order valence-corrected chi connectivity index (χ2v) is 4.99. The van der Waals surface area contributed by atoms with E-state index in [-0.39, 0.29) is 11.4 Å². The second kappa shape index (κ2) is 4.41. The van der Waals surface area contributed by atoms with Crippen molar-refractivity contribution in [3.63, 3.8) is 0 Å². The average Bonchev–Trinajstić information content (AvgIpc) is 2.00. The Bertz CT molecular complexity index is 318. The normalized spacial score (nSPS) is 11.8. The summed E-state index contributed by atoms with van der Waals surface area (Å²) in [6, 6.07) is 4.61. The van der Waals surface area contributed by atoms with E-state index in [4.69, 9.17) is 4.74 Å². The largest absolute Gasteiger partial charge is 0.371 e. The maximum absolute atomic E-state index is 12.8. The number of halogens is 2. The Hall–Kier alpha value is -0.410. The fourth-order valence-electron chi connectivity index (χ4n) is 0.933. The molecule has 0 saturated heterocycles. The molecule has 0 aliphatic rings. The van der Waals surface area contributed by atoms with E-state index in [9.17, 15) is 4.39 Å². The highest BCUT2D eigenvalue weighted by atomic mass is 79.9. The number of ether oxygens (including phenoxy) is 1. The van der Waals surface area contributed by atoms with Gasteiger partial charge in [-0.05, 0) is 38.5 Å². The van der Waals surface area contributed by atoms with E-state index < -0.39 is 0 Å². The Labute approximate surface area is 92.4 Å². The first-order valence-corrected chi connectivity index (χ1v) is 5.26. The molecule has 0 bridgehead atoms. The zero-order valence-electron chi connectivity index (χ0n) is 8.60. The minimum Gasteiger partial charge on any atom is -0.371 e. The van der Waals surface area contributed by atoms with Crippen molar-refractivity contribution < 1.29 is 9.13 Å². The van der Waals surface area contributed by atoms with Gasteiger partial charge in [-0.2, -0.15) is 0 Å². The van der Waals surface area contributed by atoms with Crippen LogP contribution < -0.4 is 0 Å². The van der Waals surface area contributed by atoms with Gasteiger partial charge in [0.25, 0.3) is 0 Å². The first-order chi connectivity index (χ1) is 6.38. The van der Waals surface area contributed by atoms with Gasteiger partial charge in [-0.1, -0.05) is 22.0 Å². The molecule has 0 aliphatic heterocycles. The van der Waals surface area contributed by atoms with Gasteiger partial charge in [0.05, 0.1) is 12.2 Å². The van der Waals surface area contributed by atoms with Crippen molar-refractivity contribution in [2.24, 2.45) is 0 Å². The lowest BCUT2D eigenvalue weighted by molar-refractivity contribution is -0.0152. The van der Waals surface area contributed by atoms with Crippen LogP contribution in [0.25, 0.3) is 0 Å². The molecule has 14 heavy (non-hydrogen) atoms. The summed E-state index contributed by atoms with van der Waals surface area (Å²) >= 11 is 3.29. The third-order valence-electron chi connectivity index (χ3n) is 1.68. The Morgan fingerprint density at radius 2 is 2.00 bits per heavy atom. The monoisotopic (exact) mass is 260 g/mol. The van der Waals surface area contributed by atoms with Crippen molar-refractivity contribution in [1.82, 2.24) is 0 Å². The second-order valence-electron chi connectivity index (χ2n) is 4.14. The highest BCUT2D eigenvalue weighted by molar-refractivity contribution is 9.10. The minimum atomic E-state index is -0.239. The third kappa shape index (κ3) is 3.76. The van der Waals surface area contributed by atoms with E-state index in [1.165, 1.54) is 12.1 Å². The molecule has 0 atom stereocenters. The zero-order chi connectivity index (χ0) is 10.8. The van der Waals surface area contributed by atoms with E-state index in [2.05, 4.69) is 15.9 Å². The summed E-state index contributed by atoms with van der Waals surface area (Å²) < 4.78 is 19.1. The predicted molar refractivity (Wildman–Crippen MR) is 58.6 cm³/mol. The van der Waals surface area contributed by atoms with E-state index >= 15 is 0 Å². The van der Waals surface area contributed by atoms with Gasteiger partial charge >= 0.3 is 0 Å². The molecule has 0 fully saturated rings. The van der Waals surface area contributed by atoms with Gasteiger partial charge in [0, 0.05) is 4.47 Å². The summed E-state index contributed by atoms with van der Waals surface area (Å²) in [5.41, 5.74) is 0.787. The Morgan fingerprint density at radius 1 is 1.36 bits per heavy atom. The lowest BCUT2D eigenvalue weighted by Crippen LogP contribution is -2.18. The highest BCUT2D eigenvalue weighted by Gasteiger charge is 2.11. The standard InChI is InChI=1S/C11H14BrFO/c1-11(2,3)14-7-8-4-5-9(13)6-10(8)12/h4-6H,7H2,1-3H3. The lowest BCUT2D eigenvalue weighted by Gasteiger charge is -2.19. The summed E-state index contributed by atoms with van der Waals surface area (Å²) in [5.74, 6) is -0.239. The van der Waals surface area contributed by atoms with Crippen molar-refractivity contribution in [1.29, 1.82) is 0 Å². The van der Waals surface area contributed by atoms with Gasteiger partial charge in [-0.3, -0.25) is 0 Å². The fraction of sp³-hybridized carbons (Fsp3) is 0.455. The minimum absolute atomic E-state index is 0.173. The zero-order valence-corrected chi connectivity index (χ0v) is 10.2. The van der Waals surface area contributed by atoms with Crippen LogP contribution in [0, 0.1) is 5.82 Å². The van der Waals surface area contributed by atoms with E-state index in [0.29, 0.717) is 6.61 Å². The summed E-state index contributed by atoms with van der Waals surface area (Å²) in [6.07, 6.45) is 0. The van der Waals surface area contributed by atoms with Crippen LogP contribution in [0.2, 0.25) is 0 Å². The molecule has 1 aromatic rings. The van der Waals surface area contributed by atoms with Crippen molar-refractivity contribution >= 4 is 15.9 Å². The molecule has 78 valence electrons. The molecule has 0 spiro atoms. The van der Waals surface area contributed by atoms with Crippen LogP contribution in [0.1, 0.15) is 26.3 Å². The molecule has 0 radical (unpaired) electrons. The molecule has 3 heteroatoms. The Kier molecular flexibility index (Phi) is 3.67. The summed E-state index contributed by atoms with van der Waals surface area (Å²) in [5, 5.41) is 0. The molecule has 0 heterocycles. The average molecular weight is 261 g/mol. The van der Waals surface area contributed by atoms with Gasteiger partial charge in [0.15, 0.2) is 0 Å².